The van der Waals surface area contributed by atoms with Gasteiger partial charge in [0.25, 0.3) is 5.91 Å². The van der Waals surface area contributed by atoms with Crippen molar-refractivity contribution in [3.05, 3.63) is 24.3 Å². The summed E-state index contributed by atoms with van der Waals surface area (Å²) in [7, 11) is -3.93. The zero-order chi connectivity index (χ0) is 20.0. The lowest BCUT2D eigenvalue weighted by Crippen LogP contribution is -2.40. The maximum absolute atomic E-state index is 12.2. The highest BCUT2D eigenvalue weighted by atomic mass is 32.2. The van der Waals surface area contributed by atoms with Crippen molar-refractivity contribution in [3.63, 3.8) is 0 Å². The number of esters is 1. The van der Waals surface area contributed by atoms with E-state index in [4.69, 9.17) is 4.74 Å². The summed E-state index contributed by atoms with van der Waals surface area (Å²) in [5.74, 6) is -1.39. The average molecular weight is 397 g/mol. The van der Waals surface area contributed by atoms with Gasteiger partial charge in [-0.05, 0) is 44.0 Å². The van der Waals surface area contributed by atoms with Gasteiger partial charge in [-0.25, -0.2) is 8.42 Å². The molecule has 1 aromatic carbocycles. The van der Waals surface area contributed by atoms with Crippen LogP contribution in [0.25, 0.3) is 0 Å². The van der Waals surface area contributed by atoms with Gasteiger partial charge < -0.3 is 15.0 Å². The summed E-state index contributed by atoms with van der Waals surface area (Å²) in [6.07, 6.45) is 0.886. The van der Waals surface area contributed by atoms with E-state index in [2.05, 4.69) is 10.0 Å². The minimum Gasteiger partial charge on any atom is -0.452 e. The van der Waals surface area contributed by atoms with Crippen LogP contribution in [0.1, 0.15) is 26.7 Å². The molecule has 2 rings (SSSR count). The first-order valence-corrected chi connectivity index (χ1v) is 10.0. The van der Waals surface area contributed by atoms with Crippen molar-refractivity contribution >= 4 is 33.5 Å². The third-order valence-corrected chi connectivity index (χ3v) is 5.38. The van der Waals surface area contributed by atoms with E-state index < -0.39 is 28.6 Å². The molecule has 0 radical (unpaired) electrons. The van der Waals surface area contributed by atoms with Crippen molar-refractivity contribution in [1.82, 2.24) is 9.62 Å². The van der Waals surface area contributed by atoms with Gasteiger partial charge in [-0.2, -0.15) is 4.72 Å². The van der Waals surface area contributed by atoms with Crippen molar-refractivity contribution in [2.24, 2.45) is 0 Å². The standard InChI is InChI=1S/C17H23N3O6S/c1-12(17(23)20-9-3-4-10-20)26-16(22)11-18-27(24,25)15-7-5-14(6-8-15)19-13(2)21/h5-8,12,18H,3-4,9-11H2,1-2H3,(H,19,21). The van der Waals surface area contributed by atoms with E-state index in [1.54, 1.807) is 4.90 Å². The number of anilines is 1. The summed E-state index contributed by atoms with van der Waals surface area (Å²) in [5, 5.41) is 2.52. The molecule has 0 aliphatic carbocycles. The lowest BCUT2D eigenvalue weighted by atomic mass is 10.3. The highest BCUT2D eigenvalue weighted by Gasteiger charge is 2.26. The molecule has 2 N–H and O–H groups in total. The van der Waals surface area contributed by atoms with Gasteiger partial charge in [-0.15, -0.1) is 0 Å². The number of rotatable bonds is 7. The Bertz CT molecular complexity index is 800. The Morgan fingerprint density at radius 3 is 2.30 bits per heavy atom. The zero-order valence-corrected chi connectivity index (χ0v) is 16.0. The molecule has 0 spiro atoms. The third-order valence-electron chi connectivity index (χ3n) is 3.97. The summed E-state index contributed by atoms with van der Waals surface area (Å²) >= 11 is 0. The van der Waals surface area contributed by atoms with E-state index in [0.717, 1.165) is 12.8 Å². The summed E-state index contributed by atoms with van der Waals surface area (Å²) < 4.78 is 31.6. The number of likely N-dealkylation sites (tertiary alicyclic amines) is 1. The molecule has 1 fully saturated rings. The summed E-state index contributed by atoms with van der Waals surface area (Å²) in [6, 6.07) is 5.48. The molecule has 1 unspecified atom stereocenters. The van der Waals surface area contributed by atoms with Gasteiger partial charge in [0.15, 0.2) is 6.10 Å². The Hall–Kier alpha value is -2.46. The van der Waals surface area contributed by atoms with Crippen LogP contribution >= 0.6 is 0 Å². The topological polar surface area (TPSA) is 122 Å². The van der Waals surface area contributed by atoms with Crippen LogP contribution < -0.4 is 10.0 Å². The summed E-state index contributed by atoms with van der Waals surface area (Å²) in [6.45, 7) is 3.50. The molecule has 1 heterocycles. The number of carbonyl (C=O) groups excluding carboxylic acids is 3. The normalized spacial score (nSPS) is 15.3. The van der Waals surface area contributed by atoms with Crippen molar-refractivity contribution < 1.29 is 27.5 Å². The van der Waals surface area contributed by atoms with Gasteiger partial charge in [0, 0.05) is 25.7 Å². The first-order valence-electron chi connectivity index (χ1n) is 8.54. The first-order chi connectivity index (χ1) is 12.7. The summed E-state index contributed by atoms with van der Waals surface area (Å²) in [4.78, 5) is 36.5. The molecule has 148 valence electrons. The van der Waals surface area contributed by atoms with Gasteiger partial charge in [0.1, 0.15) is 6.54 Å². The van der Waals surface area contributed by atoms with E-state index in [1.165, 1.54) is 38.1 Å². The number of benzene rings is 1. The maximum Gasteiger partial charge on any atom is 0.321 e. The van der Waals surface area contributed by atoms with Gasteiger partial charge in [-0.1, -0.05) is 0 Å². The van der Waals surface area contributed by atoms with E-state index >= 15 is 0 Å². The lowest BCUT2D eigenvalue weighted by molar-refractivity contribution is -0.157. The number of hydrogen-bond donors (Lipinski definition) is 2. The third kappa shape index (κ3) is 6.04. The maximum atomic E-state index is 12.2. The van der Waals surface area contributed by atoms with Crippen molar-refractivity contribution in [3.8, 4) is 0 Å². The highest BCUT2D eigenvalue weighted by molar-refractivity contribution is 7.89. The zero-order valence-electron chi connectivity index (χ0n) is 15.2. The Morgan fingerprint density at radius 2 is 1.74 bits per heavy atom. The highest BCUT2D eigenvalue weighted by Crippen LogP contribution is 2.14. The monoisotopic (exact) mass is 397 g/mol. The molecule has 0 aromatic heterocycles. The second-order valence-electron chi connectivity index (χ2n) is 6.19. The molecule has 1 aliphatic heterocycles. The Balaban J connectivity index is 1.87. The van der Waals surface area contributed by atoms with E-state index in [9.17, 15) is 22.8 Å². The number of sulfonamides is 1. The van der Waals surface area contributed by atoms with Crippen LogP contribution in [0.5, 0.6) is 0 Å². The fourth-order valence-electron chi connectivity index (χ4n) is 2.64. The van der Waals surface area contributed by atoms with Gasteiger partial charge >= 0.3 is 5.97 Å². The van der Waals surface area contributed by atoms with E-state index in [0.29, 0.717) is 18.8 Å². The van der Waals surface area contributed by atoms with Crippen LogP contribution in [0.4, 0.5) is 5.69 Å². The SMILES string of the molecule is CC(=O)Nc1ccc(S(=O)(=O)NCC(=O)OC(C)C(=O)N2CCCC2)cc1. The van der Waals surface area contributed by atoms with Crippen LogP contribution in [0, 0.1) is 0 Å². The largest absolute Gasteiger partial charge is 0.452 e. The van der Waals surface area contributed by atoms with E-state index in [-0.39, 0.29) is 16.7 Å². The number of carbonyl (C=O) groups is 3. The average Bonchev–Trinajstić information content (AvgIpc) is 3.14. The van der Waals surface area contributed by atoms with Crippen LogP contribution in [-0.2, 0) is 29.1 Å². The van der Waals surface area contributed by atoms with Crippen molar-refractivity contribution in [2.45, 2.75) is 37.7 Å². The van der Waals surface area contributed by atoms with E-state index in [1.807, 2.05) is 0 Å². The Morgan fingerprint density at radius 1 is 1.15 bits per heavy atom. The second kappa shape index (κ2) is 8.96. The molecule has 2 amide bonds. The Kier molecular flexibility index (Phi) is 6.92. The molecule has 1 saturated heterocycles. The Labute approximate surface area is 158 Å². The quantitative estimate of drug-likeness (QED) is 0.645. The fraction of sp³-hybridized carbons (Fsp3) is 0.471. The number of amides is 2. The molecule has 1 aromatic rings. The minimum absolute atomic E-state index is 0.0643. The van der Waals surface area contributed by atoms with Crippen LogP contribution in [0.15, 0.2) is 29.2 Å². The molecule has 9 nitrogen and oxygen atoms in total. The van der Waals surface area contributed by atoms with Crippen LogP contribution in [0.3, 0.4) is 0 Å². The number of ether oxygens (including phenoxy) is 1. The first kappa shape index (κ1) is 20.8. The number of nitrogens with one attached hydrogen (secondary N) is 2. The fourth-order valence-corrected chi connectivity index (χ4v) is 3.61. The molecular formula is C17H23N3O6S. The molecule has 1 atom stereocenters. The lowest BCUT2D eigenvalue weighted by Gasteiger charge is -2.20. The summed E-state index contributed by atoms with van der Waals surface area (Å²) in [5.41, 5.74) is 0.454. The molecular weight excluding hydrogens is 374 g/mol. The number of hydrogen-bond acceptors (Lipinski definition) is 6. The molecule has 10 heteroatoms. The molecule has 1 aliphatic rings. The number of nitrogens with zero attached hydrogens (tertiary/aromatic N) is 1. The van der Waals surface area contributed by atoms with Gasteiger partial charge in [0.2, 0.25) is 15.9 Å². The van der Waals surface area contributed by atoms with Crippen LogP contribution in [0.2, 0.25) is 0 Å². The predicted molar refractivity (Wildman–Crippen MR) is 97.3 cm³/mol. The second-order valence-corrected chi connectivity index (χ2v) is 7.96. The van der Waals surface area contributed by atoms with Crippen LogP contribution in [-0.4, -0.2) is 56.8 Å². The van der Waals surface area contributed by atoms with Crippen molar-refractivity contribution in [1.29, 1.82) is 0 Å². The molecule has 0 bridgehead atoms. The van der Waals surface area contributed by atoms with Crippen molar-refractivity contribution in [2.75, 3.05) is 25.0 Å². The smallest absolute Gasteiger partial charge is 0.321 e. The minimum atomic E-state index is -3.93. The van der Waals surface area contributed by atoms with Gasteiger partial charge in [0.05, 0.1) is 4.90 Å². The van der Waals surface area contributed by atoms with Gasteiger partial charge in [-0.3, -0.25) is 14.4 Å². The molecule has 27 heavy (non-hydrogen) atoms. The molecule has 0 saturated carbocycles. The predicted octanol–water partition coefficient (Wildman–Crippen LogP) is 0.477.